The Bertz CT molecular complexity index is 1530. The molecule has 3 N–H and O–H groups in total. The number of carbonyl (C=O) groups is 3. The lowest BCUT2D eigenvalue weighted by molar-refractivity contribution is 0.0698. The van der Waals surface area contributed by atoms with Gasteiger partial charge in [0, 0.05) is 17.3 Å². The molecule has 0 atom stereocenters. The average molecular weight is 486 g/mol. The van der Waals surface area contributed by atoms with E-state index in [1.165, 1.54) is 32.4 Å². The Labute approximate surface area is 203 Å². The van der Waals surface area contributed by atoms with Gasteiger partial charge in [-0.15, -0.1) is 0 Å². The van der Waals surface area contributed by atoms with Crippen LogP contribution in [0.15, 0.2) is 59.1 Å². The topological polar surface area (TPSA) is 164 Å². The highest BCUT2D eigenvalue weighted by molar-refractivity contribution is 6.13. The van der Waals surface area contributed by atoms with E-state index in [2.05, 4.69) is 20.5 Å². The van der Waals surface area contributed by atoms with Crippen LogP contribution in [0.1, 0.15) is 26.4 Å². The number of methoxy groups -OCH3 is 2. The van der Waals surface area contributed by atoms with Gasteiger partial charge in [-0.1, -0.05) is 17.3 Å². The first-order chi connectivity index (χ1) is 17.3. The van der Waals surface area contributed by atoms with Gasteiger partial charge in [-0.2, -0.15) is 5.26 Å². The molecule has 0 fully saturated rings. The van der Waals surface area contributed by atoms with Crippen LogP contribution in [-0.4, -0.2) is 42.5 Å². The Morgan fingerprint density at radius 3 is 2.42 bits per heavy atom. The van der Waals surface area contributed by atoms with Crippen molar-refractivity contribution in [2.24, 2.45) is 0 Å². The summed E-state index contributed by atoms with van der Waals surface area (Å²) in [4.78, 5) is 36.0. The van der Waals surface area contributed by atoms with Crippen LogP contribution in [0.25, 0.3) is 22.1 Å². The van der Waals surface area contributed by atoms with Crippen LogP contribution in [-0.2, 0) is 4.74 Å². The van der Waals surface area contributed by atoms with Crippen LogP contribution in [0.3, 0.4) is 0 Å². The molecule has 4 aromatic rings. The fourth-order valence-electron chi connectivity index (χ4n) is 3.51. The summed E-state index contributed by atoms with van der Waals surface area (Å²) >= 11 is 0. The lowest BCUT2D eigenvalue weighted by Gasteiger charge is -2.11. The lowest BCUT2D eigenvalue weighted by Crippen LogP contribution is -2.15. The predicted octanol–water partition coefficient (Wildman–Crippen LogP) is 4.50. The number of anilines is 2. The molecule has 0 aliphatic heterocycles. The summed E-state index contributed by atoms with van der Waals surface area (Å²) in [6.07, 6.45) is -0.602. The maximum Gasteiger partial charge on any atom is 0.411 e. The van der Waals surface area contributed by atoms with Crippen LogP contribution in [0, 0.1) is 11.3 Å². The summed E-state index contributed by atoms with van der Waals surface area (Å²) in [5, 5.41) is 27.8. The number of hydrogen-bond acceptors (Lipinski definition) is 8. The maximum atomic E-state index is 13.0. The molecule has 0 radical (unpaired) electrons. The summed E-state index contributed by atoms with van der Waals surface area (Å²) in [7, 11) is 2.75. The summed E-state index contributed by atoms with van der Waals surface area (Å²) in [5.74, 6) is -1.54. The number of benzene rings is 3. The summed E-state index contributed by atoms with van der Waals surface area (Å²) in [5.41, 5.74) is 1.98. The largest absolute Gasteiger partial charge is 0.496 e. The number of rotatable bonds is 6. The molecule has 11 nitrogen and oxygen atoms in total. The molecule has 0 saturated heterocycles. The summed E-state index contributed by atoms with van der Waals surface area (Å²) in [6, 6.07) is 15.9. The van der Waals surface area contributed by atoms with Crippen LogP contribution in [0.5, 0.6) is 5.75 Å². The van der Waals surface area contributed by atoms with Crippen molar-refractivity contribution in [3.05, 3.63) is 71.4 Å². The molecule has 1 heterocycles. The van der Waals surface area contributed by atoms with Crippen molar-refractivity contribution < 1.29 is 33.5 Å². The van der Waals surface area contributed by atoms with Gasteiger partial charge >= 0.3 is 12.1 Å². The van der Waals surface area contributed by atoms with Gasteiger partial charge in [0.25, 0.3) is 5.91 Å². The van der Waals surface area contributed by atoms with Crippen LogP contribution >= 0.6 is 0 Å². The zero-order chi connectivity index (χ0) is 25.8. The van der Waals surface area contributed by atoms with Crippen LogP contribution in [0.2, 0.25) is 0 Å². The summed E-state index contributed by atoms with van der Waals surface area (Å²) in [6.45, 7) is 0. The third-order valence-corrected chi connectivity index (χ3v) is 5.26. The molecule has 0 saturated carbocycles. The van der Waals surface area contributed by atoms with Gasteiger partial charge in [-0.25, -0.2) is 9.59 Å². The van der Waals surface area contributed by atoms with E-state index < -0.39 is 18.0 Å². The molecule has 180 valence electrons. The van der Waals surface area contributed by atoms with Crippen molar-refractivity contribution >= 4 is 40.3 Å². The number of amides is 2. The molecule has 2 amide bonds. The van der Waals surface area contributed by atoms with Gasteiger partial charge < -0.3 is 24.4 Å². The Morgan fingerprint density at radius 2 is 1.78 bits per heavy atom. The smallest absolute Gasteiger partial charge is 0.411 e. The quantitative estimate of drug-likeness (QED) is 0.356. The van der Waals surface area contributed by atoms with E-state index in [4.69, 9.17) is 14.5 Å². The molecule has 4 rings (SSSR count). The number of nitrogens with one attached hydrogen (secondary N) is 2. The molecule has 0 unspecified atom stereocenters. The number of carbonyl (C=O) groups excluding carboxylic acids is 2. The summed E-state index contributed by atoms with van der Waals surface area (Å²) < 4.78 is 15.4. The Balaban J connectivity index is 1.70. The standard InChI is InChI=1S/C25H18N4O7/c1-34-20-11-21-18(10-16(20)14-4-6-15(7-5-14)27-25(33)35-2)22(29-36-21)23(30)28-19-8-3-13(12-26)9-17(19)24(31)32/h3-11H,1-2H3,(H,27,33)(H,28,30)(H,31,32). The monoisotopic (exact) mass is 486 g/mol. The minimum Gasteiger partial charge on any atom is -0.496 e. The number of aromatic nitrogens is 1. The number of carboxylic acid groups (broad SMARTS) is 1. The van der Waals surface area contributed by atoms with Gasteiger partial charge in [0.15, 0.2) is 11.3 Å². The van der Waals surface area contributed by atoms with E-state index >= 15 is 0 Å². The van der Waals surface area contributed by atoms with E-state index in [9.17, 15) is 19.5 Å². The minimum absolute atomic E-state index is 0.00470. The van der Waals surface area contributed by atoms with Gasteiger partial charge in [-0.05, 0) is 42.0 Å². The SMILES string of the molecule is COC(=O)Nc1ccc(-c2cc3c(C(=O)Nc4ccc(C#N)cc4C(=O)O)noc3cc2OC)cc1. The molecule has 0 spiro atoms. The van der Waals surface area contributed by atoms with Crippen molar-refractivity contribution in [3.63, 3.8) is 0 Å². The molecular weight excluding hydrogens is 468 g/mol. The Kier molecular flexibility index (Phi) is 6.51. The molecular formula is C25H18N4O7. The highest BCUT2D eigenvalue weighted by Crippen LogP contribution is 2.36. The van der Waals surface area contributed by atoms with Crippen molar-refractivity contribution in [3.8, 4) is 22.9 Å². The van der Waals surface area contributed by atoms with Crippen LogP contribution < -0.4 is 15.4 Å². The highest BCUT2D eigenvalue weighted by Gasteiger charge is 2.22. The molecule has 3 aromatic carbocycles. The molecule has 0 aliphatic rings. The first-order valence-electron chi connectivity index (χ1n) is 10.4. The number of nitrogens with zero attached hydrogens (tertiary/aromatic N) is 2. The first kappa shape index (κ1) is 23.8. The number of ether oxygens (including phenoxy) is 2. The Hall–Kier alpha value is -5.37. The van der Waals surface area contributed by atoms with Gasteiger partial charge in [0.2, 0.25) is 0 Å². The number of carboxylic acids is 1. The number of fused-ring (bicyclic) bond motifs is 1. The van der Waals surface area contributed by atoms with E-state index in [0.717, 1.165) is 5.56 Å². The van der Waals surface area contributed by atoms with Crippen molar-refractivity contribution in [2.45, 2.75) is 0 Å². The number of nitriles is 1. The van der Waals surface area contributed by atoms with E-state index in [1.54, 1.807) is 36.4 Å². The van der Waals surface area contributed by atoms with Gasteiger partial charge in [0.1, 0.15) is 5.75 Å². The van der Waals surface area contributed by atoms with Gasteiger partial charge in [0.05, 0.1) is 42.5 Å². The van der Waals surface area contributed by atoms with Gasteiger partial charge in [-0.3, -0.25) is 10.1 Å². The molecule has 1 aromatic heterocycles. The lowest BCUT2D eigenvalue weighted by atomic mass is 10.0. The second-order valence-electron chi connectivity index (χ2n) is 7.41. The average Bonchev–Trinajstić information content (AvgIpc) is 3.31. The fraction of sp³-hybridized carbons (Fsp3) is 0.0800. The normalized spacial score (nSPS) is 10.4. The second kappa shape index (κ2) is 9.86. The van der Waals surface area contributed by atoms with Crippen molar-refractivity contribution in [2.75, 3.05) is 24.9 Å². The molecule has 11 heteroatoms. The number of aromatic carboxylic acids is 1. The minimum atomic E-state index is -1.30. The van der Waals surface area contributed by atoms with Crippen molar-refractivity contribution in [1.29, 1.82) is 5.26 Å². The van der Waals surface area contributed by atoms with E-state index in [0.29, 0.717) is 22.4 Å². The molecule has 36 heavy (non-hydrogen) atoms. The first-order valence-corrected chi connectivity index (χ1v) is 10.4. The Morgan fingerprint density at radius 1 is 1.03 bits per heavy atom. The highest BCUT2D eigenvalue weighted by atomic mass is 16.5. The predicted molar refractivity (Wildman–Crippen MR) is 128 cm³/mol. The molecule has 0 bridgehead atoms. The fourth-order valence-corrected chi connectivity index (χ4v) is 3.51. The maximum absolute atomic E-state index is 13.0. The van der Waals surface area contributed by atoms with Crippen molar-refractivity contribution in [1.82, 2.24) is 5.16 Å². The number of hydrogen-bond donors (Lipinski definition) is 3. The third-order valence-electron chi connectivity index (χ3n) is 5.26. The zero-order valence-electron chi connectivity index (χ0n) is 19.0. The zero-order valence-corrected chi connectivity index (χ0v) is 19.0. The van der Waals surface area contributed by atoms with E-state index in [1.807, 2.05) is 6.07 Å². The third kappa shape index (κ3) is 4.64. The van der Waals surface area contributed by atoms with E-state index in [-0.39, 0.29) is 28.1 Å². The van der Waals surface area contributed by atoms with Crippen LogP contribution in [0.4, 0.5) is 16.2 Å². The molecule has 0 aliphatic carbocycles. The second-order valence-corrected chi connectivity index (χ2v) is 7.41.